The summed E-state index contributed by atoms with van der Waals surface area (Å²) in [5.41, 5.74) is 4.51. The first-order chi connectivity index (χ1) is 11.0. The van der Waals surface area contributed by atoms with Crippen molar-refractivity contribution in [1.82, 2.24) is 0 Å². The second kappa shape index (κ2) is 7.69. The molecule has 23 heavy (non-hydrogen) atoms. The molecule has 0 aromatic heterocycles. The Balaban J connectivity index is 2.00. The normalized spacial score (nSPS) is 11.6. The van der Waals surface area contributed by atoms with Crippen molar-refractivity contribution in [2.24, 2.45) is 0 Å². The molecule has 0 amide bonds. The first-order valence-electron chi connectivity index (χ1n) is 7.79. The first-order valence-corrected chi connectivity index (χ1v) is 7.79. The second-order valence-corrected chi connectivity index (χ2v) is 5.82. The highest BCUT2D eigenvalue weighted by molar-refractivity contribution is 5.43. The van der Waals surface area contributed by atoms with Crippen LogP contribution in [0, 0.1) is 32.1 Å². The lowest BCUT2D eigenvalue weighted by Gasteiger charge is -2.15. The van der Waals surface area contributed by atoms with E-state index in [-0.39, 0.29) is 5.92 Å². The highest BCUT2D eigenvalue weighted by atomic mass is 16.5. The fraction of sp³-hybridized carbons (Fsp3) is 0.350. The monoisotopic (exact) mass is 309 g/mol. The maximum Gasteiger partial charge on any atom is 0.125 e. The number of nitrogens with zero attached hydrogens (tertiary/aromatic N) is 1. The minimum Gasteiger partial charge on any atom is -0.497 e. The van der Waals surface area contributed by atoms with Crippen molar-refractivity contribution in [2.75, 3.05) is 13.7 Å². The van der Waals surface area contributed by atoms with E-state index in [1.165, 1.54) is 5.56 Å². The molecule has 3 nitrogen and oxygen atoms in total. The van der Waals surface area contributed by atoms with E-state index in [0.717, 1.165) is 28.2 Å². The third-order valence-corrected chi connectivity index (χ3v) is 3.93. The molecule has 1 atom stereocenters. The lowest BCUT2D eigenvalue weighted by Crippen LogP contribution is -2.06. The standard InChI is InChI=1S/C20H23NO2/c1-14-11-15(2)20(16(3)12-14)23-10-9-18(13-21)17-5-7-19(22-4)8-6-17/h5-8,11-12,18H,9-10H2,1-4H3. The van der Waals surface area contributed by atoms with Crippen LogP contribution in [0.5, 0.6) is 11.5 Å². The van der Waals surface area contributed by atoms with Gasteiger partial charge in [0.05, 0.1) is 25.7 Å². The van der Waals surface area contributed by atoms with E-state index in [2.05, 4.69) is 39.0 Å². The number of rotatable bonds is 6. The summed E-state index contributed by atoms with van der Waals surface area (Å²) in [7, 11) is 1.64. The zero-order chi connectivity index (χ0) is 16.8. The van der Waals surface area contributed by atoms with Crippen LogP contribution in [0.2, 0.25) is 0 Å². The summed E-state index contributed by atoms with van der Waals surface area (Å²) in [4.78, 5) is 0. The van der Waals surface area contributed by atoms with Crippen molar-refractivity contribution in [3.05, 3.63) is 58.7 Å². The Morgan fingerprint density at radius 2 is 1.65 bits per heavy atom. The summed E-state index contributed by atoms with van der Waals surface area (Å²) >= 11 is 0. The van der Waals surface area contributed by atoms with Crippen LogP contribution in [0.15, 0.2) is 36.4 Å². The predicted octanol–water partition coefficient (Wildman–Crippen LogP) is 4.70. The molecule has 0 saturated carbocycles. The van der Waals surface area contributed by atoms with Crippen LogP contribution in [-0.2, 0) is 0 Å². The Bertz CT molecular complexity index is 676. The number of benzene rings is 2. The zero-order valence-electron chi connectivity index (χ0n) is 14.2. The number of hydrogen-bond donors (Lipinski definition) is 0. The molecule has 1 unspecified atom stereocenters. The van der Waals surface area contributed by atoms with Gasteiger partial charge in [-0.05, 0) is 49.6 Å². The number of ether oxygens (including phenoxy) is 2. The van der Waals surface area contributed by atoms with Gasteiger partial charge in [-0.25, -0.2) is 0 Å². The van der Waals surface area contributed by atoms with Gasteiger partial charge in [-0.15, -0.1) is 0 Å². The van der Waals surface area contributed by atoms with Crippen molar-refractivity contribution < 1.29 is 9.47 Å². The fourth-order valence-electron chi connectivity index (χ4n) is 2.82. The average Bonchev–Trinajstić information content (AvgIpc) is 2.53. The number of aryl methyl sites for hydroxylation is 3. The molecular weight excluding hydrogens is 286 g/mol. The number of nitriles is 1. The second-order valence-electron chi connectivity index (χ2n) is 5.82. The molecule has 0 saturated heterocycles. The van der Waals surface area contributed by atoms with Crippen molar-refractivity contribution in [3.63, 3.8) is 0 Å². The lowest BCUT2D eigenvalue weighted by molar-refractivity contribution is 0.302. The van der Waals surface area contributed by atoms with Gasteiger partial charge in [0.2, 0.25) is 0 Å². The van der Waals surface area contributed by atoms with Crippen molar-refractivity contribution in [2.45, 2.75) is 33.1 Å². The SMILES string of the molecule is COc1ccc(C(C#N)CCOc2c(C)cc(C)cc2C)cc1. The van der Waals surface area contributed by atoms with Gasteiger partial charge in [-0.3, -0.25) is 0 Å². The lowest BCUT2D eigenvalue weighted by atomic mass is 9.97. The van der Waals surface area contributed by atoms with Gasteiger partial charge in [0, 0.05) is 6.42 Å². The molecule has 2 rings (SSSR count). The Hall–Kier alpha value is -2.47. The molecule has 0 fully saturated rings. The van der Waals surface area contributed by atoms with E-state index in [9.17, 15) is 5.26 Å². The number of hydrogen-bond acceptors (Lipinski definition) is 3. The minimum atomic E-state index is -0.174. The Morgan fingerprint density at radius 3 is 2.17 bits per heavy atom. The molecule has 2 aromatic rings. The number of methoxy groups -OCH3 is 1. The highest BCUT2D eigenvalue weighted by Gasteiger charge is 2.12. The van der Waals surface area contributed by atoms with E-state index in [4.69, 9.17) is 9.47 Å². The van der Waals surface area contributed by atoms with Gasteiger partial charge in [0.1, 0.15) is 11.5 Å². The molecule has 2 aromatic carbocycles. The van der Waals surface area contributed by atoms with Gasteiger partial charge in [-0.2, -0.15) is 5.26 Å². The first kappa shape index (κ1) is 16.9. The third-order valence-electron chi connectivity index (χ3n) is 3.93. The van der Waals surface area contributed by atoms with Crippen LogP contribution in [-0.4, -0.2) is 13.7 Å². The molecule has 0 aliphatic heterocycles. The average molecular weight is 309 g/mol. The van der Waals surface area contributed by atoms with Crippen LogP contribution in [0.4, 0.5) is 0 Å². The van der Waals surface area contributed by atoms with E-state index < -0.39 is 0 Å². The Labute approximate surface area is 138 Å². The molecule has 120 valence electrons. The fourth-order valence-corrected chi connectivity index (χ4v) is 2.82. The van der Waals surface area contributed by atoms with Crippen molar-refractivity contribution in [1.29, 1.82) is 5.26 Å². The van der Waals surface area contributed by atoms with Crippen molar-refractivity contribution >= 4 is 0 Å². The molecule has 0 aliphatic rings. The quantitative estimate of drug-likeness (QED) is 0.777. The zero-order valence-corrected chi connectivity index (χ0v) is 14.2. The van der Waals surface area contributed by atoms with E-state index >= 15 is 0 Å². The van der Waals surface area contributed by atoms with Crippen molar-refractivity contribution in [3.8, 4) is 17.6 Å². The van der Waals surface area contributed by atoms with Crippen LogP contribution < -0.4 is 9.47 Å². The molecule has 0 radical (unpaired) electrons. The summed E-state index contributed by atoms with van der Waals surface area (Å²) in [6.07, 6.45) is 0.662. The van der Waals surface area contributed by atoms with Gasteiger partial charge >= 0.3 is 0 Å². The highest BCUT2D eigenvalue weighted by Crippen LogP contribution is 2.26. The summed E-state index contributed by atoms with van der Waals surface area (Å²) in [6.45, 7) is 6.72. The summed E-state index contributed by atoms with van der Waals surface area (Å²) in [6, 6.07) is 14.2. The predicted molar refractivity (Wildman–Crippen MR) is 92.1 cm³/mol. The largest absolute Gasteiger partial charge is 0.497 e. The van der Waals surface area contributed by atoms with Gasteiger partial charge in [0.15, 0.2) is 0 Å². The molecule has 0 aliphatic carbocycles. The minimum absolute atomic E-state index is 0.174. The van der Waals surface area contributed by atoms with Crippen LogP contribution in [0.25, 0.3) is 0 Å². The molecule has 0 N–H and O–H groups in total. The summed E-state index contributed by atoms with van der Waals surface area (Å²) in [5, 5.41) is 9.41. The summed E-state index contributed by atoms with van der Waals surface area (Å²) in [5.74, 6) is 1.56. The smallest absolute Gasteiger partial charge is 0.125 e. The molecule has 0 heterocycles. The van der Waals surface area contributed by atoms with Gasteiger partial charge < -0.3 is 9.47 Å². The van der Waals surface area contributed by atoms with Crippen LogP contribution >= 0.6 is 0 Å². The van der Waals surface area contributed by atoms with E-state index in [1.807, 2.05) is 24.3 Å². The molecule has 0 bridgehead atoms. The molecule has 3 heteroatoms. The van der Waals surface area contributed by atoms with E-state index in [0.29, 0.717) is 13.0 Å². The van der Waals surface area contributed by atoms with Gasteiger partial charge in [-0.1, -0.05) is 29.8 Å². The van der Waals surface area contributed by atoms with Crippen LogP contribution in [0.1, 0.15) is 34.6 Å². The maximum absolute atomic E-state index is 9.41. The maximum atomic E-state index is 9.41. The third kappa shape index (κ3) is 4.26. The summed E-state index contributed by atoms with van der Waals surface area (Å²) < 4.78 is 11.1. The Morgan fingerprint density at radius 1 is 1.04 bits per heavy atom. The topological polar surface area (TPSA) is 42.2 Å². The van der Waals surface area contributed by atoms with E-state index in [1.54, 1.807) is 7.11 Å². The molecule has 0 spiro atoms. The van der Waals surface area contributed by atoms with Gasteiger partial charge in [0.25, 0.3) is 0 Å². The Kier molecular flexibility index (Phi) is 5.65. The molecular formula is C20H23NO2. The van der Waals surface area contributed by atoms with Crippen LogP contribution in [0.3, 0.4) is 0 Å².